The predicted octanol–water partition coefficient (Wildman–Crippen LogP) is 0.636. The van der Waals surface area contributed by atoms with Gasteiger partial charge >= 0.3 is 0 Å². The lowest BCUT2D eigenvalue weighted by molar-refractivity contribution is 0.170. The molecule has 1 aromatic rings. The first-order chi connectivity index (χ1) is 8.21. The summed E-state index contributed by atoms with van der Waals surface area (Å²) in [6, 6.07) is 0.0447. The van der Waals surface area contributed by atoms with E-state index >= 15 is 0 Å². The maximum Gasteiger partial charge on any atom is 0.224 e. The molecule has 1 rings (SSSR count). The summed E-state index contributed by atoms with van der Waals surface area (Å²) >= 11 is 0. The molecule has 1 aromatic heterocycles. The fraction of sp³-hybridized carbons (Fsp3) is 0.636. The maximum absolute atomic E-state index is 8.97. The van der Waals surface area contributed by atoms with E-state index < -0.39 is 0 Å². The summed E-state index contributed by atoms with van der Waals surface area (Å²) in [4.78, 5) is 8.44. The summed E-state index contributed by atoms with van der Waals surface area (Å²) < 4.78 is 5.09. The van der Waals surface area contributed by atoms with Crippen LogP contribution in [0.5, 0.6) is 0 Å². The summed E-state index contributed by atoms with van der Waals surface area (Å²) in [6.45, 7) is 2.58. The average molecular weight is 240 g/mol. The van der Waals surface area contributed by atoms with Crippen LogP contribution in [0.25, 0.3) is 0 Å². The topological polar surface area (TPSA) is 79.3 Å². The monoisotopic (exact) mass is 240 g/mol. The second kappa shape index (κ2) is 7.03. The zero-order chi connectivity index (χ0) is 12.7. The van der Waals surface area contributed by atoms with Crippen molar-refractivity contribution in [1.29, 1.82) is 0 Å². The highest BCUT2D eigenvalue weighted by molar-refractivity contribution is 5.46. The molecular weight excluding hydrogens is 220 g/mol. The number of nitrogens with zero attached hydrogens (tertiary/aromatic N) is 2. The smallest absolute Gasteiger partial charge is 0.224 e. The fourth-order valence-electron chi connectivity index (χ4n) is 1.46. The van der Waals surface area contributed by atoms with Gasteiger partial charge in [0.15, 0.2) is 0 Å². The second-order valence-corrected chi connectivity index (χ2v) is 3.78. The largest absolute Gasteiger partial charge is 0.396 e. The van der Waals surface area contributed by atoms with Gasteiger partial charge in [-0.25, -0.2) is 4.98 Å². The minimum atomic E-state index is 0.0447. The number of aryl methyl sites for hydroxylation is 1. The molecule has 1 heterocycles. The van der Waals surface area contributed by atoms with Gasteiger partial charge in [-0.3, -0.25) is 0 Å². The van der Waals surface area contributed by atoms with Crippen molar-refractivity contribution >= 4 is 11.8 Å². The van der Waals surface area contributed by atoms with Crippen molar-refractivity contribution in [3.63, 3.8) is 0 Å². The summed E-state index contributed by atoms with van der Waals surface area (Å²) in [6.07, 6.45) is 2.37. The first kappa shape index (κ1) is 13.7. The average Bonchev–Trinajstić information content (AvgIpc) is 2.32. The van der Waals surface area contributed by atoms with Crippen molar-refractivity contribution in [1.82, 2.24) is 9.97 Å². The van der Waals surface area contributed by atoms with Gasteiger partial charge in [0.1, 0.15) is 5.82 Å². The third kappa shape index (κ3) is 4.16. The first-order valence-electron chi connectivity index (χ1n) is 5.59. The van der Waals surface area contributed by atoms with E-state index in [9.17, 15) is 0 Å². The van der Waals surface area contributed by atoms with Crippen LogP contribution in [-0.4, -0.2) is 48.5 Å². The number of anilines is 2. The van der Waals surface area contributed by atoms with Crippen LogP contribution < -0.4 is 10.6 Å². The fourth-order valence-corrected chi connectivity index (χ4v) is 1.46. The number of hydrogen-bond donors (Lipinski definition) is 3. The lowest BCUT2D eigenvalue weighted by atomic mass is 10.2. The Balaban J connectivity index is 2.76. The van der Waals surface area contributed by atoms with E-state index in [-0.39, 0.29) is 12.6 Å². The number of hydrogen-bond acceptors (Lipinski definition) is 6. The van der Waals surface area contributed by atoms with Gasteiger partial charge in [0, 0.05) is 32.5 Å². The van der Waals surface area contributed by atoms with E-state index in [1.54, 1.807) is 20.4 Å². The number of aromatic nitrogens is 2. The SMILES string of the molecule is CNc1ncc(C)c(NC(CCO)COC)n1. The highest BCUT2D eigenvalue weighted by Gasteiger charge is 2.11. The number of rotatable bonds is 7. The molecule has 0 aromatic carbocycles. The zero-order valence-corrected chi connectivity index (χ0v) is 10.5. The molecule has 6 heteroatoms. The molecule has 0 radical (unpaired) electrons. The van der Waals surface area contributed by atoms with Crippen molar-refractivity contribution in [3.05, 3.63) is 11.8 Å². The standard InChI is InChI=1S/C11H20N4O2/c1-8-6-13-11(12-2)15-10(8)14-9(4-5-16)7-17-3/h6,9,16H,4-5,7H2,1-3H3,(H2,12,13,14,15). The Kier molecular flexibility index (Phi) is 5.65. The summed E-state index contributed by atoms with van der Waals surface area (Å²) in [5.74, 6) is 1.33. The molecule has 0 amide bonds. The number of aliphatic hydroxyl groups is 1. The highest BCUT2D eigenvalue weighted by atomic mass is 16.5. The third-order valence-electron chi connectivity index (χ3n) is 2.38. The number of aliphatic hydroxyl groups excluding tert-OH is 1. The first-order valence-corrected chi connectivity index (χ1v) is 5.59. The normalized spacial score (nSPS) is 12.2. The molecule has 0 saturated heterocycles. The lowest BCUT2D eigenvalue weighted by Crippen LogP contribution is -2.27. The van der Waals surface area contributed by atoms with Crippen LogP contribution in [0, 0.1) is 6.92 Å². The van der Waals surface area contributed by atoms with Gasteiger partial charge in [-0.2, -0.15) is 4.98 Å². The molecule has 1 unspecified atom stereocenters. The molecule has 17 heavy (non-hydrogen) atoms. The Bertz CT molecular complexity index is 340. The van der Waals surface area contributed by atoms with Crippen LogP contribution in [0.3, 0.4) is 0 Å². The van der Waals surface area contributed by atoms with Gasteiger partial charge in [-0.05, 0) is 13.3 Å². The minimum Gasteiger partial charge on any atom is -0.396 e. The van der Waals surface area contributed by atoms with Crippen LogP contribution in [0.1, 0.15) is 12.0 Å². The molecule has 3 N–H and O–H groups in total. The second-order valence-electron chi connectivity index (χ2n) is 3.78. The quantitative estimate of drug-likeness (QED) is 0.649. The van der Waals surface area contributed by atoms with Crippen LogP contribution >= 0.6 is 0 Å². The van der Waals surface area contributed by atoms with Crippen LogP contribution in [0.4, 0.5) is 11.8 Å². The Morgan fingerprint density at radius 2 is 2.29 bits per heavy atom. The van der Waals surface area contributed by atoms with Gasteiger partial charge in [0.2, 0.25) is 5.95 Å². The molecule has 0 aliphatic carbocycles. The van der Waals surface area contributed by atoms with Crippen LogP contribution in [-0.2, 0) is 4.74 Å². The zero-order valence-electron chi connectivity index (χ0n) is 10.5. The summed E-state index contributed by atoms with van der Waals surface area (Å²) in [5.41, 5.74) is 0.961. The van der Waals surface area contributed by atoms with Crippen molar-refractivity contribution in [3.8, 4) is 0 Å². The molecule has 0 spiro atoms. The van der Waals surface area contributed by atoms with E-state index in [1.165, 1.54) is 0 Å². The number of ether oxygens (including phenoxy) is 1. The molecule has 0 bridgehead atoms. The molecule has 0 aliphatic rings. The number of nitrogens with one attached hydrogen (secondary N) is 2. The predicted molar refractivity (Wildman–Crippen MR) is 67.3 cm³/mol. The van der Waals surface area contributed by atoms with E-state index in [0.717, 1.165) is 11.4 Å². The lowest BCUT2D eigenvalue weighted by Gasteiger charge is -2.18. The van der Waals surface area contributed by atoms with Crippen molar-refractivity contribution in [2.45, 2.75) is 19.4 Å². The van der Waals surface area contributed by atoms with Gasteiger partial charge in [0.05, 0.1) is 12.6 Å². The summed E-state index contributed by atoms with van der Waals surface area (Å²) in [7, 11) is 3.41. The molecule has 0 saturated carbocycles. The Morgan fingerprint density at radius 3 is 2.88 bits per heavy atom. The maximum atomic E-state index is 8.97. The van der Waals surface area contributed by atoms with E-state index in [4.69, 9.17) is 9.84 Å². The molecule has 0 fully saturated rings. The van der Waals surface area contributed by atoms with Crippen molar-refractivity contribution < 1.29 is 9.84 Å². The molecule has 0 aliphatic heterocycles. The molecule has 96 valence electrons. The van der Waals surface area contributed by atoms with Crippen molar-refractivity contribution in [2.75, 3.05) is 38.0 Å². The van der Waals surface area contributed by atoms with Gasteiger partial charge in [-0.15, -0.1) is 0 Å². The van der Waals surface area contributed by atoms with E-state index in [0.29, 0.717) is 19.0 Å². The van der Waals surface area contributed by atoms with Crippen molar-refractivity contribution in [2.24, 2.45) is 0 Å². The van der Waals surface area contributed by atoms with E-state index in [1.807, 2.05) is 6.92 Å². The Labute approximate surface area is 101 Å². The molecule has 1 atom stereocenters. The molecular formula is C11H20N4O2. The van der Waals surface area contributed by atoms with Gasteiger partial charge in [0.25, 0.3) is 0 Å². The highest BCUT2D eigenvalue weighted by Crippen LogP contribution is 2.14. The summed E-state index contributed by atoms with van der Waals surface area (Å²) in [5, 5.41) is 15.1. The molecule has 6 nitrogen and oxygen atoms in total. The minimum absolute atomic E-state index is 0.0447. The Hall–Kier alpha value is -1.40. The Morgan fingerprint density at radius 1 is 1.53 bits per heavy atom. The van der Waals surface area contributed by atoms with E-state index in [2.05, 4.69) is 20.6 Å². The van der Waals surface area contributed by atoms with Crippen LogP contribution in [0.2, 0.25) is 0 Å². The van der Waals surface area contributed by atoms with Crippen LogP contribution in [0.15, 0.2) is 6.20 Å². The van der Waals surface area contributed by atoms with Gasteiger partial charge in [-0.1, -0.05) is 0 Å². The third-order valence-corrected chi connectivity index (χ3v) is 2.38. The van der Waals surface area contributed by atoms with Gasteiger partial charge < -0.3 is 20.5 Å². The number of methoxy groups -OCH3 is 1.